The highest BCUT2D eigenvalue weighted by atomic mass is 32.2. The van der Waals surface area contributed by atoms with Crippen LogP contribution in [0.3, 0.4) is 0 Å². The van der Waals surface area contributed by atoms with Crippen LogP contribution in [0.25, 0.3) is 5.70 Å². The second kappa shape index (κ2) is 8.30. The molecule has 2 heterocycles. The van der Waals surface area contributed by atoms with Gasteiger partial charge in [-0.2, -0.15) is 13.2 Å². The zero-order valence-corrected chi connectivity index (χ0v) is 19.0. The smallest absolute Gasteiger partial charge is 0.416 e. The average molecular weight is 477 g/mol. The van der Waals surface area contributed by atoms with Crippen molar-refractivity contribution in [3.05, 3.63) is 83.7 Å². The van der Waals surface area contributed by atoms with Gasteiger partial charge in [-0.15, -0.1) is 0 Å². The maximum atomic E-state index is 13.5. The van der Waals surface area contributed by atoms with Crippen LogP contribution in [0, 0.1) is 0 Å². The van der Waals surface area contributed by atoms with Crippen molar-refractivity contribution in [2.75, 3.05) is 0 Å². The van der Waals surface area contributed by atoms with Gasteiger partial charge >= 0.3 is 6.18 Å². The van der Waals surface area contributed by atoms with Crippen LogP contribution in [0.5, 0.6) is 11.5 Å². The molecule has 1 atom stereocenters. The third-order valence-electron chi connectivity index (χ3n) is 5.49. The standard InChI is InChI=1S/C24H23F3N2O3S/c1-15(2)33(30,31)20-10-5-9-19(14-20)32-18-8-4-7-17(13-18)22-16(3)28-23-21(24(25,26)27)11-6-12-29(22)23/h4-15,23,28H,1-3H3. The number of alkyl halides is 3. The molecule has 0 radical (unpaired) electrons. The zero-order valence-electron chi connectivity index (χ0n) is 18.2. The Bertz CT molecular complexity index is 1280. The molecular weight excluding hydrogens is 453 g/mol. The second-order valence-corrected chi connectivity index (χ2v) is 10.6. The maximum absolute atomic E-state index is 13.5. The molecule has 1 N–H and O–H groups in total. The summed E-state index contributed by atoms with van der Waals surface area (Å²) >= 11 is 0. The molecule has 33 heavy (non-hydrogen) atoms. The van der Waals surface area contributed by atoms with Crippen molar-refractivity contribution in [2.24, 2.45) is 0 Å². The SMILES string of the molecule is CC1=C(c2cccc(Oc3cccc(S(=O)(=O)C(C)C)c3)c2)N2C=CC=C(C(F)(F)F)C2N1. The van der Waals surface area contributed by atoms with E-state index in [0.717, 1.165) is 6.08 Å². The van der Waals surface area contributed by atoms with Crippen molar-refractivity contribution in [1.29, 1.82) is 0 Å². The third-order valence-corrected chi connectivity index (χ3v) is 7.64. The third kappa shape index (κ3) is 4.37. The summed E-state index contributed by atoms with van der Waals surface area (Å²) in [6.07, 6.45) is -1.44. The number of ether oxygens (including phenoxy) is 1. The van der Waals surface area contributed by atoms with Gasteiger partial charge in [0, 0.05) is 17.5 Å². The molecule has 2 aliphatic rings. The summed E-state index contributed by atoms with van der Waals surface area (Å²) < 4.78 is 71.2. The highest BCUT2D eigenvalue weighted by Crippen LogP contribution is 2.40. The lowest BCUT2D eigenvalue weighted by molar-refractivity contribution is -0.0995. The Labute approximate surface area is 190 Å². The van der Waals surface area contributed by atoms with E-state index in [1.165, 1.54) is 18.2 Å². The van der Waals surface area contributed by atoms with E-state index in [1.807, 2.05) is 0 Å². The van der Waals surface area contributed by atoms with Crippen molar-refractivity contribution in [3.63, 3.8) is 0 Å². The number of nitrogens with zero attached hydrogens (tertiary/aromatic N) is 1. The number of nitrogens with one attached hydrogen (secondary N) is 1. The first-order valence-electron chi connectivity index (χ1n) is 10.3. The molecule has 0 bridgehead atoms. The molecule has 5 nitrogen and oxygen atoms in total. The maximum Gasteiger partial charge on any atom is 0.416 e. The Morgan fingerprint density at radius 2 is 1.73 bits per heavy atom. The van der Waals surface area contributed by atoms with Crippen molar-refractivity contribution >= 4 is 15.5 Å². The van der Waals surface area contributed by atoms with Gasteiger partial charge in [0.25, 0.3) is 0 Å². The molecule has 1 unspecified atom stereocenters. The molecule has 174 valence electrons. The molecule has 0 aliphatic carbocycles. The van der Waals surface area contributed by atoms with E-state index in [-0.39, 0.29) is 4.90 Å². The van der Waals surface area contributed by atoms with Crippen LogP contribution in [0.2, 0.25) is 0 Å². The van der Waals surface area contributed by atoms with Gasteiger partial charge in [0.05, 0.1) is 21.4 Å². The van der Waals surface area contributed by atoms with E-state index in [0.29, 0.717) is 28.5 Å². The largest absolute Gasteiger partial charge is 0.457 e. The van der Waals surface area contributed by atoms with Crippen molar-refractivity contribution < 1.29 is 26.3 Å². The fourth-order valence-corrected chi connectivity index (χ4v) is 4.92. The van der Waals surface area contributed by atoms with Gasteiger partial charge in [-0.3, -0.25) is 0 Å². The van der Waals surface area contributed by atoms with Crippen LogP contribution in [0.1, 0.15) is 26.3 Å². The van der Waals surface area contributed by atoms with Crippen LogP contribution in [0.15, 0.2) is 83.0 Å². The Hall–Kier alpha value is -3.20. The summed E-state index contributed by atoms with van der Waals surface area (Å²) in [5, 5.41) is 2.36. The van der Waals surface area contributed by atoms with Crippen molar-refractivity contribution in [1.82, 2.24) is 10.2 Å². The van der Waals surface area contributed by atoms with E-state index in [9.17, 15) is 21.6 Å². The van der Waals surface area contributed by atoms with Crippen molar-refractivity contribution in [3.8, 4) is 11.5 Å². The van der Waals surface area contributed by atoms with Gasteiger partial charge in [0.1, 0.15) is 17.7 Å². The van der Waals surface area contributed by atoms with Crippen LogP contribution in [-0.4, -0.2) is 30.9 Å². The number of hydrogen-bond acceptors (Lipinski definition) is 5. The Balaban J connectivity index is 1.62. The predicted molar refractivity (Wildman–Crippen MR) is 120 cm³/mol. The van der Waals surface area contributed by atoms with Crippen LogP contribution in [0.4, 0.5) is 13.2 Å². The molecule has 0 amide bonds. The van der Waals surface area contributed by atoms with Crippen LogP contribution in [-0.2, 0) is 9.84 Å². The number of allylic oxidation sites excluding steroid dienone is 3. The number of benzene rings is 2. The summed E-state index contributed by atoms with van der Waals surface area (Å²) in [7, 11) is -3.46. The summed E-state index contributed by atoms with van der Waals surface area (Å²) in [6, 6.07) is 13.2. The monoisotopic (exact) mass is 476 g/mol. The molecule has 0 saturated heterocycles. The fraction of sp³-hybridized carbons (Fsp3) is 0.250. The van der Waals surface area contributed by atoms with Gasteiger partial charge in [0.2, 0.25) is 0 Å². The summed E-state index contributed by atoms with van der Waals surface area (Å²) in [5.41, 5.74) is 1.20. The quantitative estimate of drug-likeness (QED) is 0.609. The number of hydrogen-bond donors (Lipinski definition) is 1. The van der Waals surface area contributed by atoms with Crippen LogP contribution >= 0.6 is 0 Å². The highest BCUT2D eigenvalue weighted by Gasteiger charge is 2.45. The van der Waals surface area contributed by atoms with E-state index >= 15 is 0 Å². The lowest BCUT2D eigenvalue weighted by Crippen LogP contribution is -2.41. The number of halogens is 3. The van der Waals surface area contributed by atoms with Gasteiger partial charge in [-0.1, -0.05) is 18.2 Å². The van der Waals surface area contributed by atoms with Gasteiger partial charge in [0.15, 0.2) is 9.84 Å². The highest BCUT2D eigenvalue weighted by molar-refractivity contribution is 7.92. The van der Waals surface area contributed by atoms with Gasteiger partial charge in [-0.05, 0) is 63.3 Å². The second-order valence-electron chi connectivity index (χ2n) is 8.09. The van der Waals surface area contributed by atoms with E-state index in [4.69, 9.17) is 4.74 Å². The Morgan fingerprint density at radius 1 is 1.06 bits per heavy atom. The van der Waals surface area contributed by atoms with Gasteiger partial charge in [-0.25, -0.2) is 8.42 Å². The minimum atomic E-state index is -4.46. The summed E-state index contributed by atoms with van der Waals surface area (Å²) in [5.74, 6) is 0.782. The molecule has 0 fully saturated rings. The van der Waals surface area contributed by atoms with Crippen LogP contribution < -0.4 is 10.1 Å². The van der Waals surface area contributed by atoms with E-state index in [1.54, 1.807) is 68.3 Å². The molecule has 9 heteroatoms. The fourth-order valence-electron chi connectivity index (χ4n) is 3.83. The summed E-state index contributed by atoms with van der Waals surface area (Å²) in [4.78, 5) is 1.71. The minimum absolute atomic E-state index is 0.164. The number of sulfone groups is 1. The molecule has 2 aliphatic heterocycles. The minimum Gasteiger partial charge on any atom is -0.457 e. The Kier molecular flexibility index (Phi) is 5.78. The first-order chi connectivity index (χ1) is 15.5. The molecule has 2 aromatic carbocycles. The molecule has 0 saturated carbocycles. The topological polar surface area (TPSA) is 58.6 Å². The number of rotatable bonds is 5. The Morgan fingerprint density at radius 3 is 2.39 bits per heavy atom. The lowest BCUT2D eigenvalue weighted by atomic mass is 10.1. The van der Waals surface area contributed by atoms with E-state index in [2.05, 4.69) is 5.32 Å². The van der Waals surface area contributed by atoms with Crippen molar-refractivity contribution in [2.45, 2.75) is 43.3 Å². The molecule has 4 rings (SSSR count). The molecule has 0 spiro atoms. The molecular formula is C24H23F3N2O3S. The normalized spacial score (nSPS) is 18.3. The van der Waals surface area contributed by atoms with E-state index < -0.39 is 33.0 Å². The lowest BCUT2D eigenvalue weighted by Gasteiger charge is -2.31. The first kappa shape index (κ1) is 23.0. The first-order valence-corrected chi connectivity index (χ1v) is 11.9. The summed E-state index contributed by atoms with van der Waals surface area (Å²) in [6.45, 7) is 4.95. The molecule has 0 aromatic heterocycles. The zero-order chi connectivity index (χ0) is 24.0. The number of fused-ring (bicyclic) bond motifs is 1. The predicted octanol–water partition coefficient (Wildman–Crippen LogP) is 5.60. The van der Waals surface area contributed by atoms with Gasteiger partial charge < -0.3 is 15.0 Å². The average Bonchev–Trinajstić information content (AvgIpc) is 3.09. The molecule has 2 aromatic rings.